The van der Waals surface area contributed by atoms with Crippen LogP contribution in [0.1, 0.15) is 50.2 Å². The van der Waals surface area contributed by atoms with Crippen LogP contribution in [0.25, 0.3) is 0 Å². The number of ether oxygens (including phenoxy) is 2. The molecule has 2 amide bonds. The summed E-state index contributed by atoms with van der Waals surface area (Å²) in [5.41, 5.74) is 0.731. The van der Waals surface area contributed by atoms with E-state index >= 15 is 0 Å². The number of hydrogen-bond acceptors (Lipinski definition) is 6. The van der Waals surface area contributed by atoms with Gasteiger partial charge in [0.15, 0.2) is 0 Å². The number of benzene rings is 1. The average molecular weight is 525 g/mol. The molecule has 8 heteroatoms. The highest BCUT2D eigenvalue weighted by molar-refractivity contribution is 6.05. The van der Waals surface area contributed by atoms with E-state index in [-0.39, 0.29) is 31.6 Å². The van der Waals surface area contributed by atoms with Crippen LogP contribution in [0.4, 0.5) is 5.69 Å². The zero-order chi connectivity index (χ0) is 27.7. The summed E-state index contributed by atoms with van der Waals surface area (Å²) in [5.74, 6) is -2.57. The summed E-state index contributed by atoms with van der Waals surface area (Å²) >= 11 is 0. The molecule has 1 N–H and O–H groups in total. The fourth-order valence-electron chi connectivity index (χ4n) is 6.82. The van der Waals surface area contributed by atoms with Crippen LogP contribution >= 0.6 is 0 Å². The second kappa shape index (κ2) is 11.0. The molecule has 3 saturated heterocycles. The van der Waals surface area contributed by atoms with E-state index in [2.05, 4.69) is 13.2 Å². The molecule has 2 bridgehead atoms. The number of aryl methyl sites for hydroxylation is 2. The van der Waals surface area contributed by atoms with Gasteiger partial charge in [-0.2, -0.15) is 0 Å². The summed E-state index contributed by atoms with van der Waals surface area (Å²) in [6.07, 6.45) is 5.82. The Balaban J connectivity index is 1.81. The van der Waals surface area contributed by atoms with Crippen molar-refractivity contribution in [2.75, 3.05) is 31.2 Å². The molecule has 1 aromatic rings. The third-order valence-electron chi connectivity index (χ3n) is 8.55. The number of esters is 1. The first-order chi connectivity index (χ1) is 18.2. The number of unbranched alkanes of at least 4 members (excludes halogenated alkanes) is 1. The zero-order valence-electron chi connectivity index (χ0n) is 22.8. The molecule has 1 spiro atoms. The first-order valence-electron chi connectivity index (χ1n) is 13.6. The molecule has 0 radical (unpaired) electrons. The molecule has 206 valence electrons. The van der Waals surface area contributed by atoms with E-state index in [1.54, 1.807) is 15.9 Å². The molecular formula is C30H40N2O6. The second-order valence-corrected chi connectivity index (χ2v) is 10.7. The molecule has 3 heterocycles. The minimum atomic E-state index is -1.13. The van der Waals surface area contributed by atoms with Crippen LogP contribution in [0.15, 0.2) is 43.5 Å². The largest absolute Gasteiger partial charge is 0.461 e. The zero-order valence-corrected chi connectivity index (χ0v) is 22.8. The summed E-state index contributed by atoms with van der Waals surface area (Å²) in [6, 6.07) is 5.04. The van der Waals surface area contributed by atoms with Crippen molar-refractivity contribution in [3.05, 3.63) is 54.6 Å². The normalized spacial score (nSPS) is 29.3. The van der Waals surface area contributed by atoms with Gasteiger partial charge in [0, 0.05) is 25.4 Å². The van der Waals surface area contributed by atoms with E-state index in [1.165, 1.54) is 6.08 Å². The maximum atomic E-state index is 14.6. The lowest BCUT2D eigenvalue weighted by atomic mass is 9.65. The van der Waals surface area contributed by atoms with Crippen molar-refractivity contribution in [3.63, 3.8) is 0 Å². The Morgan fingerprint density at radius 2 is 2.00 bits per heavy atom. The van der Waals surface area contributed by atoms with Gasteiger partial charge in [-0.1, -0.05) is 37.8 Å². The molecule has 0 aliphatic carbocycles. The van der Waals surface area contributed by atoms with Crippen molar-refractivity contribution in [1.29, 1.82) is 0 Å². The van der Waals surface area contributed by atoms with E-state index in [0.29, 0.717) is 38.6 Å². The number of aliphatic hydroxyl groups excluding tert-OH is 1. The van der Waals surface area contributed by atoms with E-state index in [1.807, 2.05) is 39.0 Å². The fraction of sp³-hybridized carbons (Fsp3) is 0.567. The number of aliphatic hydroxyl groups is 1. The molecule has 1 aromatic carbocycles. The Kier molecular flexibility index (Phi) is 8.14. The minimum absolute atomic E-state index is 0.00770. The predicted octanol–water partition coefficient (Wildman–Crippen LogP) is 3.48. The van der Waals surface area contributed by atoms with Crippen LogP contribution in [-0.2, 0) is 23.9 Å². The SMILES string of the molecule is C=CCOC(=O)[C@H]1[C@H]2C(=O)N(CCCCO)C(C(=O)N(CC=C)c3cc(C)ccc3C)C23CC[C@]1(CC)O3. The number of anilines is 1. The summed E-state index contributed by atoms with van der Waals surface area (Å²) in [6.45, 7) is 14.0. The molecule has 4 rings (SSSR count). The molecule has 3 fully saturated rings. The molecular weight excluding hydrogens is 484 g/mol. The fourth-order valence-corrected chi connectivity index (χ4v) is 6.82. The Labute approximate surface area is 225 Å². The van der Waals surface area contributed by atoms with E-state index in [4.69, 9.17) is 9.47 Å². The lowest BCUT2D eigenvalue weighted by Gasteiger charge is -2.37. The Bertz CT molecular complexity index is 1120. The van der Waals surface area contributed by atoms with Gasteiger partial charge in [-0.15, -0.1) is 6.58 Å². The maximum absolute atomic E-state index is 14.6. The number of rotatable bonds is 12. The lowest BCUT2D eigenvalue weighted by molar-refractivity contribution is -0.159. The average Bonchev–Trinajstić information content (AvgIpc) is 3.51. The third-order valence-corrected chi connectivity index (χ3v) is 8.55. The van der Waals surface area contributed by atoms with Crippen molar-refractivity contribution in [2.45, 2.75) is 70.1 Å². The Morgan fingerprint density at radius 3 is 2.66 bits per heavy atom. The van der Waals surface area contributed by atoms with E-state index < -0.39 is 35.0 Å². The first kappa shape index (κ1) is 28.0. The minimum Gasteiger partial charge on any atom is -0.461 e. The van der Waals surface area contributed by atoms with Gasteiger partial charge in [0.05, 0.1) is 11.5 Å². The highest BCUT2D eigenvalue weighted by Gasteiger charge is 2.79. The quantitative estimate of drug-likeness (QED) is 0.256. The van der Waals surface area contributed by atoms with Crippen molar-refractivity contribution < 1.29 is 29.0 Å². The van der Waals surface area contributed by atoms with Gasteiger partial charge < -0.3 is 24.4 Å². The molecule has 0 aromatic heterocycles. The van der Waals surface area contributed by atoms with Gasteiger partial charge in [-0.3, -0.25) is 14.4 Å². The van der Waals surface area contributed by atoms with Crippen LogP contribution in [0, 0.1) is 25.7 Å². The van der Waals surface area contributed by atoms with Crippen molar-refractivity contribution in [1.82, 2.24) is 4.90 Å². The van der Waals surface area contributed by atoms with Gasteiger partial charge in [-0.05, 0) is 63.1 Å². The topological polar surface area (TPSA) is 96.4 Å². The molecule has 8 nitrogen and oxygen atoms in total. The van der Waals surface area contributed by atoms with Crippen LogP contribution in [0.3, 0.4) is 0 Å². The van der Waals surface area contributed by atoms with Gasteiger partial charge in [0.25, 0.3) is 5.91 Å². The number of carbonyl (C=O) groups is 3. The standard InChI is InChI=1S/C30H40N2O6/c1-6-15-31(22-19-20(4)11-12-21(22)5)27(35)25-30-14-13-29(8-3,38-30)24(28(36)37-18-7-2)23(30)26(34)32(25)16-9-10-17-33/h6-7,11-12,19,23-25,33H,1-2,8-10,13-18H2,3-5H3/t23-,24+,25?,29-,30?/m0/s1. The first-order valence-corrected chi connectivity index (χ1v) is 13.6. The number of carbonyl (C=O) groups excluding carboxylic acids is 3. The van der Waals surface area contributed by atoms with Gasteiger partial charge in [0.2, 0.25) is 5.91 Å². The summed E-state index contributed by atoms with van der Waals surface area (Å²) in [5, 5.41) is 9.39. The number of nitrogens with zero attached hydrogens (tertiary/aromatic N) is 2. The summed E-state index contributed by atoms with van der Waals surface area (Å²) in [4.78, 5) is 45.4. The lowest BCUT2D eigenvalue weighted by Crippen LogP contribution is -2.56. The molecule has 38 heavy (non-hydrogen) atoms. The molecule has 3 aliphatic heterocycles. The monoisotopic (exact) mass is 524 g/mol. The van der Waals surface area contributed by atoms with Crippen LogP contribution < -0.4 is 4.90 Å². The van der Waals surface area contributed by atoms with Crippen LogP contribution in [0.5, 0.6) is 0 Å². The van der Waals surface area contributed by atoms with Crippen LogP contribution in [-0.4, -0.2) is 71.3 Å². The number of amides is 2. The second-order valence-electron chi connectivity index (χ2n) is 10.7. The third kappa shape index (κ3) is 4.37. The molecule has 3 aliphatic rings. The predicted molar refractivity (Wildman–Crippen MR) is 144 cm³/mol. The highest BCUT2D eigenvalue weighted by Crippen LogP contribution is 2.64. The maximum Gasteiger partial charge on any atom is 0.313 e. The number of likely N-dealkylation sites (tertiary alicyclic amines) is 1. The molecule has 2 unspecified atom stereocenters. The van der Waals surface area contributed by atoms with E-state index in [0.717, 1.165) is 16.8 Å². The van der Waals surface area contributed by atoms with Gasteiger partial charge in [-0.25, -0.2) is 0 Å². The van der Waals surface area contributed by atoms with Crippen molar-refractivity contribution >= 4 is 23.5 Å². The number of hydrogen-bond donors (Lipinski definition) is 1. The number of fused-ring (bicyclic) bond motifs is 1. The van der Waals surface area contributed by atoms with Crippen LogP contribution in [0.2, 0.25) is 0 Å². The summed E-state index contributed by atoms with van der Waals surface area (Å²) in [7, 11) is 0. The van der Waals surface area contributed by atoms with Crippen molar-refractivity contribution in [3.8, 4) is 0 Å². The smallest absolute Gasteiger partial charge is 0.313 e. The van der Waals surface area contributed by atoms with Crippen molar-refractivity contribution in [2.24, 2.45) is 11.8 Å². The Hall–Kier alpha value is -2.97. The Morgan fingerprint density at radius 1 is 1.24 bits per heavy atom. The van der Waals surface area contributed by atoms with E-state index in [9.17, 15) is 19.5 Å². The van der Waals surface area contributed by atoms with Gasteiger partial charge in [0.1, 0.15) is 24.2 Å². The van der Waals surface area contributed by atoms with Gasteiger partial charge >= 0.3 is 5.97 Å². The highest BCUT2D eigenvalue weighted by atomic mass is 16.6. The molecule has 5 atom stereocenters. The molecule has 0 saturated carbocycles. The summed E-state index contributed by atoms with van der Waals surface area (Å²) < 4.78 is 12.3.